The Morgan fingerprint density at radius 3 is 2.60 bits per heavy atom. The zero-order chi connectivity index (χ0) is 14.8. The number of aliphatic hydroxyl groups is 1. The molecule has 0 saturated heterocycles. The smallest absolute Gasteiger partial charge is 0.261 e. The Morgan fingerprint density at radius 1 is 1.20 bits per heavy atom. The Hall–Kier alpha value is -1.44. The summed E-state index contributed by atoms with van der Waals surface area (Å²) in [5.74, 6) is -0.561. The summed E-state index contributed by atoms with van der Waals surface area (Å²) in [6.45, 7) is -0.254. The molecule has 2 aromatic carbocycles. The van der Waals surface area contributed by atoms with E-state index in [1.807, 2.05) is 0 Å². The van der Waals surface area contributed by atoms with Crippen LogP contribution in [0.3, 0.4) is 0 Å². The van der Waals surface area contributed by atoms with Crippen LogP contribution in [0.5, 0.6) is 0 Å². The van der Waals surface area contributed by atoms with Gasteiger partial charge in [0.2, 0.25) is 0 Å². The third-order valence-corrected chi connectivity index (χ3v) is 4.59. The van der Waals surface area contributed by atoms with Crippen LogP contribution in [-0.2, 0) is 16.6 Å². The maximum atomic E-state index is 13.4. The Bertz CT molecular complexity index is 734. The van der Waals surface area contributed by atoms with Crippen LogP contribution in [0, 0.1) is 5.82 Å². The maximum absolute atomic E-state index is 13.4. The van der Waals surface area contributed by atoms with Gasteiger partial charge in [-0.05, 0) is 51.8 Å². The van der Waals surface area contributed by atoms with Gasteiger partial charge in [-0.2, -0.15) is 0 Å². The van der Waals surface area contributed by atoms with E-state index in [0.717, 1.165) is 6.07 Å². The van der Waals surface area contributed by atoms with Gasteiger partial charge < -0.3 is 5.11 Å². The molecule has 0 aliphatic rings. The molecule has 7 heteroatoms. The maximum Gasteiger partial charge on any atom is 0.261 e. The minimum absolute atomic E-state index is 0.00683. The van der Waals surface area contributed by atoms with Crippen LogP contribution in [0.25, 0.3) is 0 Å². The Labute approximate surface area is 124 Å². The molecule has 0 bridgehead atoms. The second kappa shape index (κ2) is 5.90. The fourth-order valence-corrected chi connectivity index (χ4v) is 2.95. The molecule has 0 fully saturated rings. The minimum atomic E-state index is -3.82. The van der Waals surface area contributed by atoms with Gasteiger partial charge in [-0.1, -0.05) is 12.1 Å². The van der Waals surface area contributed by atoms with E-state index in [2.05, 4.69) is 20.7 Å². The highest BCUT2D eigenvalue weighted by Crippen LogP contribution is 2.22. The van der Waals surface area contributed by atoms with Gasteiger partial charge in [0, 0.05) is 0 Å². The molecule has 0 atom stereocenters. The van der Waals surface area contributed by atoms with Crippen molar-refractivity contribution in [3.63, 3.8) is 0 Å². The molecule has 0 amide bonds. The summed E-state index contributed by atoms with van der Waals surface area (Å²) in [5, 5.41) is 9.01. The number of halogens is 2. The minimum Gasteiger partial charge on any atom is -0.392 e. The van der Waals surface area contributed by atoms with E-state index in [1.165, 1.54) is 30.3 Å². The highest BCUT2D eigenvalue weighted by Gasteiger charge is 2.15. The normalized spacial score (nSPS) is 11.3. The molecule has 0 saturated carbocycles. The van der Waals surface area contributed by atoms with Crippen molar-refractivity contribution in [2.45, 2.75) is 11.5 Å². The summed E-state index contributed by atoms with van der Waals surface area (Å²) < 4.78 is 40.2. The van der Waals surface area contributed by atoms with Gasteiger partial charge in [-0.3, -0.25) is 4.72 Å². The fourth-order valence-electron chi connectivity index (χ4n) is 1.58. The van der Waals surface area contributed by atoms with Gasteiger partial charge in [0.15, 0.2) is 0 Å². The SMILES string of the molecule is O=S(=O)(Nc1ccc(Br)c(F)c1)c1cccc(CO)c1. The third kappa shape index (κ3) is 3.36. The molecule has 0 radical (unpaired) electrons. The number of rotatable bonds is 4. The average molecular weight is 360 g/mol. The lowest BCUT2D eigenvalue weighted by Crippen LogP contribution is -2.13. The van der Waals surface area contributed by atoms with E-state index in [9.17, 15) is 12.8 Å². The number of sulfonamides is 1. The molecular weight excluding hydrogens is 349 g/mol. The summed E-state index contributed by atoms with van der Waals surface area (Å²) in [6, 6.07) is 9.84. The van der Waals surface area contributed by atoms with Gasteiger partial charge in [0.1, 0.15) is 5.82 Å². The van der Waals surface area contributed by atoms with E-state index in [1.54, 1.807) is 6.07 Å². The predicted molar refractivity (Wildman–Crippen MR) is 77.3 cm³/mol. The molecule has 0 unspecified atom stereocenters. The van der Waals surface area contributed by atoms with Crippen molar-refractivity contribution >= 4 is 31.6 Å². The molecular formula is C13H11BrFNO3S. The zero-order valence-corrected chi connectivity index (χ0v) is 12.6. The van der Waals surface area contributed by atoms with E-state index < -0.39 is 15.8 Å². The lowest BCUT2D eigenvalue weighted by Gasteiger charge is -2.09. The Morgan fingerprint density at radius 2 is 1.95 bits per heavy atom. The topological polar surface area (TPSA) is 66.4 Å². The van der Waals surface area contributed by atoms with Crippen LogP contribution in [0.4, 0.5) is 10.1 Å². The second-order valence-electron chi connectivity index (χ2n) is 4.04. The number of nitrogens with one attached hydrogen (secondary N) is 1. The molecule has 106 valence electrons. The number of hydrogen-bond donors (Lipinski definition) is 2. The summed E-state index contributed by atoms with van der Waals surface area (Å²) in [4.78, 5) is 0.00683. The number of hydrogen-bond acceptors (Lipinski definition) is 3. The van der Waals surface area contributed by atoms with E-state index >= 15 is 0 Å². The van der Waals surface area contributed by atoms with Crippen molar-refractivity contribution in [2.75, 3.05) is 4.72 Å². The number of aliphatic hydroxyl groups excluding tert-OH is 1. The zero-order valence-electron chi connectivity index (χ0n) is 10.2. The van der Waals surface area contributed by atoms with Crippen LogP contribution in [0.1, 0.15) is 5.56 Å². The third-order valence-electron chi connectivity index (χ3n) is 2.56. The quantitative estimate of drug-likeness (QED) is 0.881. The van der Waals surface area contributed by atoms with Crippen molar-refractivity contribution in [3.8, 4) is 0 Å². The first-order chi connectivity index (χ1) is 9.42. The molecule has 20 heavy (non-hydrogen) atoms. The van der Waals surface area contributed by atoms with Crippen molar-refractivity contribution < 1.29 is 17.9 Å². The van der Waals surface area contributed by atoms with Crippen molar-refractivity contribution in [2.24, 2.45) is 0 Å². The predicted octanol–water partition coefficient (Wildman–Crippen LogP) is 2.88. The van der Waals surface area contributed by atoms with Gasteiger partial charge in [0.25, 0.3) is 10.0 Å². The molecule has 0 spiro atoms. The molecule has 2 aromatic rings. The van der Waals surface area contributed by atoms with Gasteiger partial charge in [-0.15, -0.1) is 0 Å². The molecule has 2 rings (SSSR count). The summed E-state index contributed by atoms with van der Waals surface area (Å²) in [6.07, 6.45) is 0. The van der Waals surface area contributed by atoms with Gasteiger partial charge >= 0.3 is 0 Å². The first-order valence-electron chi connectivity index (χ1n) is 5.60. The summed E-state index contributed by atoms with van der Waals surface area (Å²) >= 11 is 2.99. The number of benzene rings is 2. The first kappa shape index (κ1) is 15.0. The molecule has 0 aliphatic heterocycles. The van der Waals surface area contributed by atoms with E-state index in [-0.39, 0.29) is 21.7 Å². The highest BCUT2D eigenvalue weighted by molar-refractivity contribution is 9.10. The Balaban J connectivity index is 2.32. The van der Waals surface area contributed by atoms with Crippen LogP contribution in [0.2, 0.25) is 0 Å². The standard InChI is InChI=1S/C13H11BrFNO3S/c14-12-5-4-10(7-13(12)15)16-20(18,19)11-3-1-2-9(6-11)8-17/h1-7,16-17H,8H2. The van der Waals surface area contributed by atoms with Crippen LogP contribution in [-0.4, -0.2) is 13.5 Å². The van der Waals surface area contributed by atoms with Crippen molar-refractivity contribution in [3.05, 3.63) is 58.3 Å². The van der Waals surface area contributed by atoms with Crippen molar-refractivity contribution in [1.29, 1.82) is 0 Å². The van der Waals surface area contributed by atoms with Crippen molar-refractivity contribution in [1.82, 2.24) is 0 Å². The lowest BCUT2D eigenvalue weighted by molar-refractivity contribution is 0.281. The molecule has 0 heterocycles. The van der Waals surface area contributed by atoms with E-state index in [4.69, 9.17) is 5.11 Å². The second-order valence-corrected chi connectivity index (χ2v) is 6.58. The number of anilines is 1. The largest absolute Gasteiger partial charge is 0.392 e. The monoisotopic (exact) mass is 359 g/mol. The van der Waals surface area contributed by atoms with Gasteiger partial charge in [-0.25, -0.2) is 12.8 Å². The van der Waals surface area contributed by atoms with E-state index in [0.29, 0.717) is 5.56 Å². The molecule has 2 N–H and O–H groups in total. The fraction of sp³-hybridized carbons (Fsp3) is 0.0769. The Kier molecular flexibility index (Phi) is 4.42. The lowest BCUT2D eigenvalue weighted by atomic mass is 10.2. The molecule has 4 nitrogen and oxygen atoms in total. The summed E-state index contributed by atoms with van der Waals surface area (Å²) in [5.41, 5.74) is 0.606. The molecule has 0 aliphatic carbocycles. The van der Waals surface area contributed by atoms with Crippen LogP contribution < -0.4 is 4.72 Å². The van der Waals surface area contributed by atoms with Crippen LogP contribution >= 0.6 is 15.9 Å². The van der Waals surface area contributed by atoms with Crippen LogP contribution in [0.15, 0.2) is 51.8 Å². The first-order valence-corrected chi connectivity index (χ1v) is 7.87. The molecule has 0 aromatic heterocycles. The highest BCUT2D eigenvalue weighted by atomic mass is 79.9. The van der Waals surface area contributed by atoms with Gasteiger partial charge in [0.05, 0.1) is 21.7 Å². The average Bonchev–Trinajstić information content (AvgIpc) is 2.43. The summed E-state index contributed by atoms with van der Waals surface area (Å²) in [7, 11) is -3.82.